The summed E-state index contributed by atoms with van der Waals surface area (Å²) in [6, 6.07) is 21.5. The van der Waals surface area contributed by atoms with Crippen molar-refractivity contribution in [1.29, 1.82) is 0 Å². The number of aryl methyl sites for hydroxylation is 1. The van der Waals surface area contributed by atoms with Crippen molar-refractivity contribution < 1.29 is 31.7 Å². The highest BCUT2D eigenvalue weighted by Crippen LogP contribution is 2.24. The van der Waals surface area contributed by atoms with E-state index >= 15 is 0 Å². The Labute approximate surface area is 205 Å². The molecule has 0 fully saturated rings. The van der Waals surface area contributed by atoms with E-state index in [4.69, 9.17) is 13.7 Å². The number of rotatable bonds is 10. The van der Waals surface area contributed by atoms with Crippen molar-refractivity contribution >= 4 is 22.2 Å². The largest absolute Gasteiger partial charge is 0.465 e. The van der Waals surface area contributed by atoms with Gasteiger partial charge in [-0.05, 0) is 49.2 Å². The Morgan fingerprint density at radius 2 is 1.54 bits per heavy atom. The second-order valence-electron chi connectivity index (χ2n) is 7.67. The summed E-state index contributed by atoms with van der Waals surface area (Å²) >= 11 is 0. The number of benzene rings is 3. The number of hydrogen-bond donors (Lipinski definition) is 1. The zero-order valence-electron chi connectivity index (χ0n) is 19.5. The highest BCUT2D eigenvalue weighted by molar-refractivity contribution is 7.87. The second-order valence-corrected chi connectivity index (χ2v) is 9.21. The number of esters is 1. The third-order valence-electron chi connectivity index (χ3n) is 5.03. The summed E-state index contributed by atoms with van der Waals surface area (Å²) in [5.41, 5.74) is 2.28. The molecule has 0 aromatic heterocycles. The van der Waals surface area contributed by atoms with Crippen molar-refractivity contribution in [2.45, 2.75) is 31.3 Å². The highest BCUT2D eigenvalue weighted by Gasteiger charge is 2.24. The summed E-state index contributed by atoms with van der Waals surface area (Å²) in [5.74, 6) is -1.26. The Hall–Kier alpha value is -3.85. The summed E-state index contributed by atoms with van der Waals surface area (Å²) in [6.07, 6.45) is -0.674. The van der Waals surface area contributed by atoms with E-state index in [0.717, 1.165) is 11.1 Å². The van der Waals surface area contributed by atoms with Gasteiger partial charge in [-0.2, -0.15) is 8.42 Å². The fourth-order valence-corrected chi connectivity index (χ4v) is 4.11. The maximum atomic E-state index is 12.5. The van der Waals surface area contributed by atoms with Gasteiger partial charge >= 0.3 is 22.2 Å². The lowest BCUT2D eigenvalue weighted by Crippen LogP contribution is -2.33. The number of alkyl carbamates (subject to hydrolysis) is 1. The van der Waals surface area contributed by atoms with E-state index < -0.39 is 28.1 Å². The molecule has 3 aromatic carbocycles. The normalized spacial score (nSPS) is 11.8. The van der Waals surface area contributed by atoms with Crippen LogP contribution in [0.15, 0.2) is 83.8 Å². The van der Waals surface area contributed by atoms with Crippen LogP contribution < -0.4 is 9.50 Å². The molecule has 0 radical (unpaired) electrons. The fourth-order valence-electron chi connectivity index (χ4n) is 3.18. The molecule has 184 valence electrons. The lowest BCUT2D eigenvalue weighted by Gasteiger charge is -2.17. The van der Waals surface area contributed by atoms with E-state index in [2.05, 4.69) is 5.32 Å². The van der Waals surface area contributed by atoms with Crippen molar-refractivity contribution in [3.05, 3.63) is 95.6 Å². The van der Waals surface area contributed by atoms with E-state index in [1.165, 1.54) is 24.3 Å². The summed E-state index contributed by atoms with van der Waals surface area (Å²) < 4.78 is 40.6. The first kappa shape index (κ1) is 25.8. The quantitative estimate of drug-likeness (QED) is 0.328. The summed E-state index contributed by atoms with van der Waals surface area (Å²) in [6.45, 7) is 3.74. The lowest BCUT2D eigenvalue weighted by atomic mass is 9.99. The molecular formula is C26H27NO7S. The zero-order valence-corrected chi connectivity index (χ0v) is 20.3. The van der Waals surface area contributed by atoms with Crippen LogP contribution in [0.1, 0.15) is 29.5 Å². The van der Waals surface area contributed by atoms with Crippen molar-refractivity contribution in [2.24, 2.45) is 0 Å². The molecule has 0 bridgehead atoms. The molecule has 0 heterocycles. The maximum absolute atomic E-state index is 12.5. The van der Waals surface area contributed by atoms with E-state index in [1.54, 1.807) is 31.2 Å². The Morgan fingerprint density at radius 3 is 2.17 bits per heavy atom. The smallest absolute Gasteiger partial charge is 0.407 e. The van der Waals surface area contributed by atoms with Gasteiger partial charge in [0.25, 0.3) is 0 Å². The predicted molar refractivity (Wildman–Crippen MR) is 129 cm³/mol. The SMILES string of the molecule is CCOC(=O)C(CNC(=O)OCc1ccccc1)c1ccc(OS(=O)(=O)c2ccc(C)cc2)cc1. The molecule has 0 saturated carbocycles. The van der Waals surface area contributed by atoms with Gasteiger partial charge in [-0.3, -0.25) is 4.79 Å². The third kappa shape index (κ3) is 7.58. The van der Waals surface area contributed by atoms with E-state index in [-0.39, 0.29) is 30.4 Å². The van der Waals surface area contributed by atoms with Crippen LogP contribution in [0.5, 0.6) is 5.75 Å². The number of carbonyl (C=O) groups is 2. The Kier molecular flexibility index (Phi) is 8.86. The predicted octanol–water partition coefficient (Wildman–Crippen LogP) is 4.34. The lowest BCUT2D eigenvalue weighted by molar-refractivity contribution is -0.144. The van der Waals surface area contributed by atoms with Crippen LogP contribution in [0.25, 0.3) is 0 Å². The first-order valence-corrected chi connectivity index (χ1v) is 12.4. The van der Waals surface area contributed by atoms with Gasteiger partial charge in [-0.1, -0.05) is 60.2 Å². The monoisotopic (exact) mass is 497 g/mol. The number of carbonyl (C=O) groups excluding carboxylic acids is 2. The average Bonchev–Trinajstić information content (AvgIpc) is 2.85. The molecule has 1 unspecified atom stereocenters. The van der Waals surface area contributed by atoms with Gasteiger partial charge in [0.2, 0.25) is 0 Å². The Balaban J connectivity index is 1.65. The molecule has 1 atom stereocenters. The molecule has 1 amide bonds. The first-order chi connectivity index (χ1) is 16.8. The number of hydrogen-bond acceptors (Lipinski definition) is 7. The zero-order chi connectivity index (χ0) is 25.3. The van der Waals surface area contributed by atoms with Gasteiger partial charge in [0.15, 0.2) is 0 Å². The topological polar surface area (TPSA) is 108 Å². The van der Waals surface area contributed by atoms with Gasteiger partial charge in [0, 0.05) is 6.54 Å². The average molecular weight is 498 g/mol. The Bertz CT molecular complexity index is 1220. The molecule has 0 aliphatic rings. The van der Waals surface area contributed by atoms with Gasteiger partial charge in [0.05, 0.1) is 12.5 Å². The molecule has 0 spiro atoms. The first-order valence-electron chi connectivity index (χ1n) is 11.0. The molecule has 0 aliphatic heterocycles. The summed E-state index contributed by atoms with van der Waals surface area (Å²) in [5, 5.41) is 2.58. The minimum atomic E-state index is -4.00. The standard InChI is InChI=1S/C26H27NO7S/c1-3-32-25(28)24(17-27-26(29)33-18-20-7-5-4-6-8-20)21-11-13-22(14-12-21)34-35(30,31)23-15-9-19(2)10-16-23/h4-16,24H,3,17-18H2,1-2H3,(H,27,29). The van der Waals surface area contributed by atoms with Crippen LogP contribution in [0.3, 0.4) is 0 Å². The maximum Gasteiger partial charge on any atom is 0.407 e. The van der Waals surface area contributed by atoms with Gasteiger partial charge in [-0.25, -0.2) is 4.79 Å². The van der Waals surface area contributed by atoms with Crippen molar-refractivity contribution in [2.75, 3.05) is 13.2 Å². The minimum absolute atomic E-state index is 0.0368. The molecule has 3 aromatic rings. The van der Waals surface area contributed by atoms with E-state index in [1.807, 2.05) is 37.3 Å². The molecular weight excluding hydrogens is 470 g/mol. The molecule has 1 N–H and O–H groups in total. The van der Waals surface area contributed by atoms with E-state index in [9.17, 15) is 18.0 Å². The van der Waals surface area contributed by atoms with Crippen LogP contribution in [0, 0.1) is 6.92 Å². The van der Waals surface area contributed by atoms with Crippen molar-refractivity contribution in [1.82, 2.24) is 5.32 Å². The van der Waals surface area contributed by atoms with Crippen LogP contribution in [0.4, 0.5) is 4.79 Å². The van der Waals surface area contributed by atoms with Crippen LogP contribution in [0.2, 0.25) is 0 Å². The molecule has 3 rings (SSSR count). The van der Waals surface area contributed by atoms with Gasteiger partial charge in [-0.15, -0.1) is 0 Å². The Morgan fingerprint density at radius 1 is 0.886 bits per heavy atom. The van der Waals surface area contributed by atoms with Gasteiger partial charge in [0.1, 0.15) is 17.3 Å². The van der Waals surface area contributed by atoms with Gasteiger partial charge < -0.3 is 19.0 Å². The van der Waals surface area contributed by atoms with Crippen LogP contribution in [-0.2, 0) is 31.0 Å². The number of nitrogens with one attached hydrogen (secondary N) is 1. The van der Waals surface area contributed by atoms with Crippen molar-refractivity contribution in [3.63, 3.8) is 0 Å². The number of ether oxygens (including phenoxy) is 2. The molecule has 9 heteroatoms. The fraction of sp³-hybridized carbons (Fsp3) is 0.231. The molecule has 8 nitrogen and oxygen atoms in total. The van der Waals surface area contributed by atoms with Crippen LogP contribution >= 0.6 is 0 Å². The second kappa shape index (κ2) is 12.0. The molecule has 0 aliphatic carbocycles. The number of amides is 1. The minimum Gasteiger partial charge on any atom is -0.465 e. The third-order valence-corrected chi connectivity index (χ3v) is 6.29. The van der Waals surface area contributed by atoms with Crippen LogP contribution in [-0.4, -0.2) is 33.6 Å². The molecule has 0 saturated heterocycles. The summed E-state index contributed by atoms with van der Waals surface area (Å²) in [4.78, 5) is 24.7. The van der Waals surface area contributed by atoms with E-state index in [0.29, 0.717) is 5.56 Å². The highest BCUT2D eigenvalue weighted by atomic mass is 32.2. The summed E-state index contributed by atoms with van der Waals surface area (Å²) in [7, 11) is -4.00. The molecule has 35 heavy (non-hydrogen) atoms. The van der Waals surface area contributed by atoms with Crippen molar-refractivity contribution in [3.8, 4) is 5.75 Å².